The van der Waals surface area contributed by atoms with Gasteiger partial charge in [-0.05, 0) is 49.2 Å². The zero-order chi connectivity index (χ0) is 19.0. The van der Waals surface area contributed by atoms with Gasteiger partial charge in [-0.15, -0.1) is 0 Å². The molecule has 0 N–H and O–H groups in total. The molecule has 0 unspecified atom stereocenters. The SMILES string of the molecule is O=C(Oc1ccc(Br)cc1Cl)c1ccc2c(=O)n3c(nc2c1)CCCCC3. The molecule has 0 amide bonds. The summed E-state index contributed by atoms with van der Waals surface area (Å²) < 4.78 is 7.95. The molecule has 27 heavy (non-hydrogen) atoms. The first kappa shape index (κ1) is 18.2. The minimum atomic E-state index is -0.544. The summed E-state index contributed by atoms with van der Waals surface area (Å²) in [5.74, 6) is 0.518. The van der Waals surface area contributed by atoms with Crippen molar-refractivity contribution in [3.63, 3.8) is 0 Å². The van der Waals surface area contributed by atoms with E-state index in [2.05, 4.69) is 20.9 Å². The van der Waals surface area contributed by atoms with Gasteiger partial charge >= 0.3 is 5.97 Å². The summed E-state index contributed by atoms with van der Waals surface area (Å²) in [5.41, 5.74) is 0.796. The molecule has 2 aromatic carbocycles. The quantitative estimate of drug-likeness (QED) is 0.420. The van der Waals surface area contributed by atoms with Crippen LogP contribution in [-0.2, 0) is 13.0 Å². The molecule has 1 aromatic heterocycles. The number of hydrogen-bond donors (Lipinski definition) is 0. The maximum absolute atomic E-state index is 12.8. The molecule has 0 saturated carbocycles. The lowest BCUT2D eigenvalue weighted by molar-refractivity contribution is 0.0735. The van der Waals surface area contributed by atoms with Crippen LogP contribution in [0.1, 0.15) is 35.4 Å². The van der Waals surface area contributed by atoms with Crippen molar-refractivity contribution >= 4 is 44.4 Å². The van der Waals surface area contributed by atoms with Gasteiger partial charge in [0, 0.05) is 17.4 Å². The van der Waals surface area contributed by atoms with Crippen molar-refractivity contribution in [2.24, 2.45) is 0 Å². The van der Waals surface area contributed by atoms with Crippen LogP contribution in [0.25, 0.3) is 10.9 Å². The van der Waals surface area contributed by atoms with E-state index in [-0.39, 0.29) is 11.3 Å². The molecule has 1 aliphatic rings. The molecule has 138 valence electrons. The van der Waals surface area contributed by atoms with E-state index in [0.717, 1.165) is 36.0 Å². The standard InChI is InChI=1S/C20H16BrClN2O3/c21-13-6-8-17(15(22)11-13)27-20(26)12-5-7-14-16(10-12)23-18-4-2-1-3-9-24(18)19(14)25/h5-8,10-11H,1-4,9H2. The minimum Gasteiger partial charge on any atom is -0.421 e. The lowest BCUT2D eigenvalue weighted by Gasteiger charge is -2.11. The van der Waals surface area contributed by atoms with Crippen LogP contribution in [0.2, 0.25) is 5.02 Å². The third kappa shape index (κ3) is 3.64. The number of fused-ring (bicyclic) bond motifs is 2. The highest BCUT2D eigenvalue weighted by Crippen LogP contribution is 2.28. The summed E-state index contributed by atoms with van der Waals surface area (Å²) in [5, 5.41) is 0.846. The van der Waals surface area contributed by atoms with Gasteiger partial charge < -0.3 is 4.74 Å². The van der Waals surface area contributed by atoms with Gasteiger partial charge in [-0.2, -0.15) is 0 Å². The monoisotopic (exact) mass is 446 g/mol. The van der Waals surface area contributed by atoms with Gasteiger partial charge in [0.15, 0.2) is 0 Å². The Kier molecular flexibility index (Phi) is 5.02. The second kappa shape index (κ2) is 7.44. The molecule has 0 saturated heterocycles. The van der Waals surface area contributed by atoms with Gasteiger partial charge in [0.25, 0.3) is 5.56 Å². The lowest BCUT2D eigenvalue weighted by Crippen LogP contribution is -2.24. The van der Waals surface area contributed by atoms with Crippen LogP contribution < -0.4 is 10.3 Å². The zero-order valence-electron chi connectivity index (χ0n) is 14.4. The van der Waals surface area contributed by atoms with Gasteiger partial charge in [0.2, 0.25) is 0 Å². The van der Waals surface area contributed by atoms with Crippen molar-refractivity contribution in [3.8, 4) is 5.75 Å². The summed E-state index contributed by atoms with van der Waals surface area (Å²) in [6.07, 6.45) is 3.86. The van der Waals surface area contributed by atoms with Gasteiger partial charge in [0.1, 0.15) is 11.6 Å². The van der Waals surface area contributed by atoms with Gasteiger partial charge in [-0.1, -0.05) is 34.0 Å². The third-order valence-corrected chi connectivity index (χ3v) is 5.44. The molecule has 2 heterocycles. The number of aromatic nitrogens is 2. The summed E-state index contributed by atoms with van der Waals surface area (Å²) in [7, 11) is 0. The number of rotatable bonds is 2. The second-order valence-electron chi connectivity index (χ2n) is 6.49. The van der Waals surface area contributed by atoms with Crippen LogP contribution in [0.4, 0.5) is 0 Å². The first-order valence-electron chi connectivity index (χ1n) is 8.73. The Morgan fingerprint density at radius 2 is 2.00 bits per heavy atom. The maximum Gasteiger partial charge on any atom is 0.343 e. The molecule has 0 radical (unpaired) electrons. The normalized spacial score (nSPS) is 13.9. The molecule has 0 atom stereocenters. The first-order valence-corrected chi connectivity index (χ1v) is 9.91. The van der Waals surface area contributed by atoms with E-state index in [9.17, 15) is 9.59 Å². The van der Waals surface area contributed by atoms with Crippen molar-refractivity contribution in [2.75, 3.05) is 0 Å². The highest BCUT2D eigenvalue weighted by Gasteiger charge is 2.17. The lowest BCUT2D eigenvalue weighted by atomic mass is 10.1. The van der Waals surface area contributed by atoms with Crippen molar-refractivity contribution in [1.29, 1.82) is 0 Å². The Balaban J connectivity index is 1.70. The van der Waals surface area contributed by atoms with Crippen LogP contribution in [0.3, 0.4) is 0 Å². The third-order valence-electron chi connectivity index (χ3n) is 4.65. The Morgan fingerprint density at radius 3 is 2.81 bits per heavy atom. The van der Waals surface area contributed by atoms with E-state index in [1.807, 2.05) is 0 Å². The molecule has 3 aromatic rings. The summed E-state index contributed by atoms with van der Waals surface area (Å²) in [6.45, 7) is 0.697. The second-order valence-corrected chi connectivity index (χ2v) is 7.81. The largest absolute Gasteiger partial charge is 0.421 e. The Morgan fingerprint density at radius 1 is 1.15 bits per heavy atom. The molecule has 4 rings (SSSR count). The van der Waals surface area contributed by atoms with Crippen LogP contribution in [0.5, 0.6) is 5.75 Å². The molecule has 0 aliphatic carbocycles. The van der Waals surface area contributed by atoms with E-state index < -0.39 is 5.97 Å². The van der Waals surface area contributed by atoms with E-state index >= 15 is 0 Å². The Bertz CT molecular complexity index is 1110. The fourth-order valence-electron chi connectivity index (χ4n) is 3.26. The number of aryl methyl sites for hydroxylation is 1. The van der Waals surface area contributed by atoms with Crippen LogP contribution in [-0.4, -0.2) is 15.5 Å². The van der Waals surface area contributed by atoms with Crippen LogP contribution in [0.15, 0.2) is 45.7 Å². The van der Waals surface area contributed by atoms with Gasteiger partial charge in [0.05, 0.1) is 21.5 Å². The van der Waals surface area contributed by atoms with E-state index in [1.165, 1.54) is 0 Å². The van der Waals surface area contributed by atoms with Crippen LogP contribution >= 0.6 is 27.5 Å². The highest BCUT2D eigenvalue weighted by molar-refractivity contribution is 9.10. The first-order chi connectivity index (χ1) is 13.0. The molecular weight excluding hydrogens is 432 g/mol. The minimum absolute atomic E-state index is 0.0484. The number of hydrogen-bond acceptors (Lipinski definition) is 4. The number of benzene rings is 2. The van der Waals surface area contributed by atoms with E-state index in [4.69, 9.17) is 16.3 Å². The van der Waals surface area contributed by atoms with Crippen molar-refractivity contribution < 1.29 is 9.53 Å². The fraction of sp³-hybridized carbons (Fsp3) is 0.250. The number of halogens is 2. The smallest absolute Gasteiger partial charge is 0.343 e. The average molecular weight is 448 g/mol. The predicted octanol–water partition coefficient (Wildman–Crippen LogP) is 4.76. The highest BCUT2D eigenvalue weighted by atomic mass is 79.9. The fourth-order valence-corrected chi connectivity index (χ4v) is 3.97. The molecule has 0 bridgehead atoms. The molecule has 5 nitrogen and oxygen atoms in total. The zero-order valence-corrected chi connectivity index (χ0v) is 16.7. The Labute approximate surface area is 169 Å². The molecule has 7 heteroatoms. The number of carbonyl (C=O) groups is 1. The molecule has 0 spiro atoms. The average Bonchev–Trinajstić information content (AvgIpc) is 2.89. The predicted molar refractivity (Wildman–Crippen MR) is 108 cm³/mol. The van der Waals surface area contributed by atoms with Crippen LogP contribution in [0, 0.1) is 0 Å². The number of ether oxygens (including phenoxy) is 1. The molecular formula is C20H16BrClN2O3. The van der Waals surface area contributed by atoms with Crippen molar-refractivity contribution in [3.05, 3.63) is 67.6 Å². The number of carbonyl (C=O) groups excluding carboxylic acids is 1. The van der Waals surface area contributed by atoms with E-state index in [0.29, 0.717) is 28.0 Å². The summed E-state index contributed by atoms with van der Waals surface area (Å²) in [4.78, 5) is 29.9. The topological polar surface area (TPSA) is 61.2 Å². The summed E-state index contributed by atoms with van der Waals surface area (Å²) >= 11 is 9.42. The van der Waals surface area contributed by atoms with E-state index in [1.54, 1.807) is 41.0 Å². The number of nitrogens with zero attached hydrogens (tertiary/aromatic N) is 2. The van der Waals surface area contributed by atoms with Gasteiger partial charge in [-0.3, -0.25) is 9.36 Å². The van der Waals surface area contributed by atoms with Crippen molar-refractivity contribution in [2.45, 2.75) is 32.2 Å². The Hall–Kier alpha value is -2.18. The summed E-state index contributed by atoms with van der Waals surface area (Å²) in [6, 6.07) is 9.86. The maximum atomic E-state index is 12.8. The van der Waals surface area contributed by atoms with Crippen molar-refractivity contribution in [1.82, 2.24) is 9.55 Å². The molecule has 0 fully saturated rings. The van der Waals surface area contributed by atoms with Gasteiger partial charge in [-0.25, -0.2) is 9.78 Å². The number of esters is 1. The molecule has 1 aliphatic heterocycles.